The fraction of sp³-hybridized carbons (Fsp3) is 0.600. The fourth-order valence-corrected chi connectivity index (χ4v) is 2.64. The van der Waals surface area contributed by atoms with Gasteiger partial charge in [0, 0.05) is 17.9 Å². The van der Waals surface area contributed by atoms with Crippen molar-refractivity contribution in [3.05, 3.63) is 28.8 Å². The first-order chi connectivity index (χ1) is 9.85. The third kappa shape index (κ3) is 6.68. The first-order valence-corrected chi connectivity index (χ1v) is 9.37. The zero-order valence-electron chi connectivity index (χ0n) is 12.9. The minimum Gasteiger partial charge on any atom is -0.491 e. The van der Waals surface area contributed by atoms with E-state index in [1.807, 2.05) is 12.1 Å². The average molecular weight is 334 g/mol. The molecule has 0 fully saturated rings. The van der Waals surface area contributed by atoms with Crippen LogP contribution in [0.2, 0.25) is 5.02 Å². The number of rotatable bonds is 9. The second-order valence-corrected chi connectivity index (χ2v) is 8.22. The summed E-state index contributed by atoms with van der Waals surface area (Å²) >= 11 is 6.15. The van der Waals surface area contributed by atoms with Crippen LogP contribution in [0.15, 0.2) is 18.2 Å². The molecule has 0 bridgehead atoms. The normalized spacial score (nSPS) is 11.9. The minimum absolute atomic E-state index is 0.00753. The Labute approximate surface area is 132 Å². The lowest BCUT2D eigenvalue weighted by atomic mass is 10.2. The van der Waals surface area contributed by atoms with Crippen molar-refractivity contribution in [2.24, 2.45) is 5.92 Å². The van der Waals surface area contributed by atoms with Gasteiger partial charge in [0.15, 0.2) is 9.84 Å². The lowest BCUT2D eigenvalue weighted by Gasteiger charge is -2.14. The summed E-state index contributed by atoms with van der Waals surface area (Å²) in [5.74, 6) is 1.26. The monoisotopic (exact) mass is 333 g/mol. The highest BCUT2D eigenvalue weighted by molar-refractivity contribution is 7.91. The molecule has 21 heavy (non-hydrogen) atoms. The number of hydrogen-bond donors (Lipinski definition) is 1. The summed E-state index contributed by atoms with van der Waals surface area (Å²) in [5.41, 5.74) is 0.942. The zero-order chi connectivity index (χ0) is 15.9. The van der Waals surface area contributed by atoms with E-state index in [-0.39, 0.29) is 18.1 Å². The van der Waals surface area contributed by atoms with Crippen LogP contribution < -0.4 is 10.1 Å². The molecule has 120 valence electrons. The number of benzene rings is 1. The van der Waals surface area contributed by atoms with Crippen LogP contribution in [0.25, 0.3) is 0 Å². The Morgan fingerprint density at radius 3 is 2.67 bits per heavy atom. The third-order valence-electron chi connectivity index (χ3n) is 3.00. The third-order valence-corrected chi connectivity index (χ3v) is 4.96. The van der Waals surface area contributed by atoms with Gasteiger partial charge in [-0.3, -0.25) is 0 Å². The molecule has 1 N–H and O–H groups in total. The van der Waals surface area contributed by atoms with Crippen LogP contribution in [0.1, 0.15) is 26.3 Å². The van der Waals surface area contributed by atoms with Crippen molar-refractivity contribution in [2.45, 2.75) is 27.3 Å². The zero-order valence-corrected chi connectivity index (χ0v) is 14.4. The van der Waals surface area contributed by atoms with Crippen molar-refractivity contribution >= 4 is 21.4 Å². The Morgan fingerprint density at radius 1 is 1.33 bits per heavy atom. The number of nitrogens with one attached hydrogen (secondary N) is 1. The summed E-state index contributed by atoms with van der Waals surface area (Å²) < 4.78 is 28.6. The van der Waals surface area contributed by atoms with E-state index in [0.29, 0.717) is 23.2 Å². The molecule has 6 heteroatoms. The Hall–Kier alpha value is -0.780. The molecule has 1 aromatic carbocycles. The van der Waals surface area contributed by atoms with Crippen LogP contribution >= 0.6 is 11.6 Å². The minimum atomic E-state index is -3.03. The molecule has 0 spiro atoms. The maximum Gasteiger partial charge on any atom is 0.153 e. The molecular weight excluding hydrogens is 310 g/mol. The van der Waals surface area contributed by atoms with E-state index in [2.05, 4.69) is 19.2 Å². The van der Waals surface area contributed by atoms with Gasteiger partial charge in [-0.25, -0.2) is 8.42 Å². The standard InChI is InChI=1S/C15H24ClNO3S/c1-4-21(18,19)9-8-20-15-13(6-5-7-14(15)16)11-17-10-12(2)3/h5-7,12,17H,4,8-11H2,1-3H3. The van der Waals surface area contributed by atoms with Gasteiger partial charge in [0.1, 0.15) is 12.4 Å². The van der Waals surface area contributed by atoms with E-state index in [1.54, 1.807) is 13.0 Å². The maximum absolute atomic E-state index is 11.5. The largest absolute Gasteiger partial charge is 0.491 e. The molecule has 0 radical (unpaired) electrons. The van der Waals surface area contributed by atoms with E-state index < -0.39 is 9.84 Å². The molecule has 0 aliphatic rings. The van der Waals surface area contributed by atoms with Crippen LogP contribution in [-0.4, -0.2) is 33.1 Å². The molecule has 0 saturated heterocycles. The van der Waals surface area contributed by atoms with Crippen LogP contribution in [0.4, 0.5) is 0 Å². The predicted octanol–water partition coefficient (Wildman–Crippen LogP) is 2.90. The molecular formula is C15H24ClNO3S. The molecule has 0 aliphatic carbocycles. The SMILES string of the molecule is CCS(=O)(=O)CCOc1c(Cl)cccc1CNCC(C)C. The summed E-state index contributed by atoms with van der Waals surface area (Å²) in [4.78, 5) is 0. The molecule has 0 amide bonds. The van der Waals surface area contributed by atoms with Gasteiger partial charge in [0.2, 0.25) is 0 Å². The molecule has 0 atom stereocenters. The lowest BCUT2D eigenvalue weighted by Crippen LogP contribution is -2.20. The van der Waals surface area contributed by atoms with Gasteiger partial charge in [-0.15, -0.1) is 0 Å². The van der Waals surface area contributed by atoms with E-state index in [9.17, 15) is 8.42 Å². The van der Waals surface area contributed by atoms with Crippen molar-refractivity contribution in [3.63, 3.8) is 0 Å². The van der Waals surface area contributed by atoms with Crippen molar-refractivity contribution in [1.82, 2.24) is 5.32 Å². The van der Waals surface area contributed by atoms with Crippen LogP contribution in [-0.2, 0) is 16.4 Å². The highest BCUT2D eigenvalue weighted by Crippen LogP contribution is 2.28. The molecule has 1 rings (SSSR count). The van der Waals surface area contributed by atoms with Gasteiger partial charge in [-0.05, 0) is 18.5 Å². The number of para-hydroxylation sites is 1. The van der Waals surface area contributed by atoms with Crippen LogP contribution in [0.5, 0.6) is 5.75 Å². The van der Waals surface area contributed by atoms with Gasteiger partial charge < -0.3 is 10.1 Å². The van der Waals surface area contributed by atoms with Crippen LogP contribution in [0, 0.1) is 5.92 Å². The van der Waals surface area contributed by atoms with Crippen molar-refractivity contribution in [2.75, 3.05) is 24.7 Å². The molecule has 0 saturated carbocycles. The Bertz CT molecular complexity index is 544. The Balaban J connectivity index is 2.67. The van der Waals surface area contributed by atoms with E-state index >= 15 is 0 Å². The highest BCUT2D eigenvalue weighted by Gasteiger charge is 2.11. The van der Waals surface area contributed by atoms with Gasteiger partial charge in [-0.1, -0.05) is 44.5 Å². The Kier molecular flexibility index (Phi) is 7.49. The molecule has 0 heterocycles. The molecule has 0 aromatic heterocycles. The second kappa shape index (κ2) is 8.61. The highest BCUT2D eigenvalue weighted by atomic mass is 35.5. The van der Waals surface area contributed by atoms with Gasteiger partial charge >= 0.3 is 0 Å². The number of hydrogen-bond acceptors (Lipinski definition) is 4. The van der Waals surface area contributed by atoms with Gasteiger partial charge in [0.25, 0.3) is 0 Å². The quantitative estimate of drug-likeness (QED) is 0.755. The van der Waals surface area contributed by atoms with Crippen molar-refractivity contribution in [1.29, 1.82) is 0 Å². The first kappa shape index (κ1) is 18.3. The van der Waals surface area contributed by atoms with Crippen molar-refractivity contribution in [3.8, 4) is 5.75 Å². The van der Waals surface area contributed by atoms with Crippen LogP contribution in [0.3, 0.4) is 0 Å². The molecule has 0 unspecified atom stereocenters. The summed E-state index contributed by atoms with van der Waals surface area (Å²) in [6.07, 6.45) is 0. The lowest BCUT2D eigenvalue weighted by molar-refractivity contribution is 0.336. The predicted molar refractivity (Wildman–Crippen MR) is 87.8 cm³/mol. The molecule has 0 aliphatic heterocycles. The number of sulfone groups is 1. The summed E-state index contributed by atoms with van der Waals surface area (Å²) in [6, 6.07) is 5.55. The molecule has 1 aromatic rings. The van der Waals surface area contributed by atoms with Crippen molar-refractivity contribution < 1.29 is 13.2 Å². The second-order valence-electron chi connectivity index (χ2n) is 5.34. The average Bonchev–Trinajstić information content (AvgIpc) is 2.41. The number of ether oxygens (including phenoxy) is 1. The summed E-state index contributed by atoms with van der Waals surface area (Å²) in [5, 5.41) is 3.84. The topological polar surface area (TPSA) is 55.4 Å². The molecule has 4 nitrogen and oxygen atoms in total. The summed E-state index contributed by atoms with van der Waals surface area (Å²) in [6.45, 7) is 7.57. The smallest absolute Gasteiger partial charge is 0.153 e. The fourth-order valence-electron chi connectivity index (χ4n) is 1.76. The Morgan fingerprint density at radius 2 is 2.05 bits per heavy atom. The number of halogens is 1. The van der Waals surface area contributed by atoms with E-state index in [0.717, 1.165) is 12.1 Å². The van der Waals surface area contributed by atoms with E-state index in [4.69, 9.17) is 16.3 Å². The van der Waals surface area contributed by atoms with E-state index in [1.165, 1.54) is 0 Å². The van der Waals surface area contributed by atoms with Gasteiger partial charge in [0.05, 0.1) is 10.8 Å². The van der Waals surface area contributed by atoms with Gasteiger partial charge in [-0.2, -0.15) is 0 Å². The first-order valence-electron chi connectivity index (χ1n) is 7.17. The maximum atomic E-state index is 11.5. The summed E-state index contributed by atoms with van der Waals surface area (Å²) in [7, 11) is -3.03.